The molecule has 1 aromatic rings. The van der Waals surface area contributed by atoms with Crippen molar-refractivity contribution in [2.75, 3.05) is 0 Å². The first kappa shape index (κ1) is 5.71. The molecule has 1 unspecified atom stereocenters. The molecule has 0 N–H and O–H groups in total. The van der Waals surface area contributed by atoms with E-state index in [0.717, 1.165) is 18.6 Å². The molecule has 1 aliphatic rings. The molecule has 0 amide bonds. The van der Waals surface area contributed by atoms with E-state index in [4.69, 9.17) is 4.42 Å². The van der Waals surface area contributed by atoms with Gasteiger partial charge < -0.3 is 4.42 Å². The van der Waals surface area contributed by atoms with Crippen molar-refractivity contribution in [3.05, 3.63) is 24.2 Å². The summed E-state index contributed by atoms with van der Waals surface area (Å²) < 4.78 is 5.20. The first-order chi connectivity index (χ1) is 4.97. The van der Waals surface area contributed by atoms with Gasteiger partial charge in [-0.2, -0.15) is 0 Å². The molecule has 0 saturated heterocycles. The molecule has 1 atom stereocenters. The Balaban J connectivity index is 2.20. The fraction of sp³-hybridized carbons (Fsp3) is 0.375. The highest BCUT2D eigenvalue weighted by molar-refractivity contribution is 5.60. The van der Waals surface area contributed by atoms with E-state index in [1.165, 1.54) is 0 Å². The maximum absolute atomic E-state index is 5.20. The standard InChI is InChI=1S/C8H9NO/c1-3-7(9-5-1)8-4-2-6-10-8/h2,4-7H,1,3H2. The van der Waals surface area contributed by atoms with Gasteiger partial charge in [0.2, 0.25) is 0 Å². The molecular weight excluding hydrogens is 126 g/mol. The van der Waals surface area contributed by atoms with Crippen molar-refractivity contribution < 1.29 is 4.42 Å². The van der Waals surface area contributed by atoms with E-state index in [1.807, 2.05) is 18.3 Å². The van der Waals surface area contributed by atoms with E-state index in [0.29, 0.717) is 6.04 Å². The monoisotopic (exact) mass is 135 g/mol. The molecule has 2 heterocycles. The van der Waals surface area contributed by atoms with Gasteiger partial charge in [0.25, 0.3) is 0 Å². The summed E-state index contributed by atoms with van der Waals surface area (Å²) in [5.41, 5.74) is 0. The van der Waals surface area contributed by atoms with E-state index in [2.05, 4.69) is 4.99 Å². The van der Waals surface area contributed by atoms with Crippen molar-refractivity contribution in [1.82, 2.24) is 0 Å². The van der Waals surface area contributed by atoms with Crippen LogP contribution in [0.3, 0.4) is 0 Å². The molecule has 0 spiro atoms. The number of hydrogen-bond donors (Lipinski definition) is 0. The predicted molar refractivity (Wildman–Crippen MR) is 39.2 cm³/mol. The van der Waals surface area contributed by atoms with Crippen molar-refractivity contribution in [1.29, 1.82) is 0 Å². The lowest BCUT2D eigenvalue weighted by Gasteiger charge is -1.99. The summed E-state index contributed by atoms with van der Waals surface area (Å²) in [6.45, 7) is 0. The largest absolute Gasteiger partial charge is 0.467 e. The quantitative estimate of drug-likeness (QED) is 0.579. The fourth-order valence-corrected chi connectivity index (χ4v) is 1.21. The highest BCUT2D eigenvalue weighted by Crippen LogP contribution is 2.25. The third kappa shape index (κ3) is 0.856. The van der Waals surface area contributed by atoms with Gasteiger partial charge in [-0.25, -0.2) is 0 Å². The van der Waals surface area contributed by atoms with Crippen LogP contribution in [0.5, 0.6) is 0 Å². The zero-order valence-corrected chi connectivity index (χ0v) is 5.66. The third-order valence-electron chi connectivity index (χ3n) is 1.73. The molecule has 2 heteroatoms. The molecule has 10 heavy (non-hydrogen) atoms. The molecular formula is C8H9NO. The maximum atomic E-state index is 5.20. The SMILES string of the molecule is C1=NC(c2ccco2)CC1. The van der Waals surface area contributed by atoms with Crippen LogP contribution in [0, 0.1) is 0 Å². The second-order valence-electron chi connectivity index (χ2n) is 2.44. The summed E-state index contributed by atoms with van der Waals surface area (Å²) in [5.74, 6) is 0.994. The van der Waals surface area contributed by atoms with Gasteiger partial charge in [-0.1, -0.05) is 0 Å². The van der Waals surface area contributed by atoms with E-state index in [1.54, 1.807) is 6.26 Å². The van der Waals surface area contributed by atoms with Gasteiger partial charge in [0.15, 0.2) is 0 Å². The summed E-state index contributed by atoms with van der Waals surface area (Å²) in [6.07, 6.45) is 5.86. The van der Waals surface area contributed by atoms with Crippen molar-refractivity contribution in [3.63, 3.8) is 0 Å². The second-order valence-corrected chi connectivity index (χ2v) is 2.44. The van der Waals surface area contributed by atoms with Gasteiger partial charge in [-0.3, -0.25) is 4.99 Å². The van der Waals surface area contributed by atoms with Crippen molar-refractivity contribution in [3.8, 4) is 0 Å². The van der Waals surface area contributed by atoms with E-state index >= 15 is 0 Å². The van der Waals surface area contributed by atoms with Gasteiger partial charge in [0.1, 0.15) is 11.8 Å². The Hall–Kier alpha value is -1.05. The smallest absolute Gasteiger partial charge is 0.128 e. The van der Waals surface area contributed by atoms with Crippen LogP contribution in [0.15, 0.2) is 27.8 Å². The van der Waals surface area contributed by atoms with Crippen LogP contribution < -0.4 is 0 Å². The second kappa shape index (κ2) is 2.29. The van der Waals surface area contributed by atoms with Gasteiger partial charge in [0.05, 0.1) is 6.26 Å². The lowest BCUT2D eigenvalue weighted by Crippen LogP contribution is -1.85. The van der Waals surface area contributed by atoms with Crippen molar-refractivity contribution >= 4 is 6.21 Å². The van der Waals surface area contributed by atoms with Gasteiger partial charge in [-0.05, 0) is 31.2 Å². The molecule has 0 fully saturated rings. The average molecular weight is 135 g/mol. The van der Waals surface area contributed by atoms with Gasteiger partial charge >= 0.3 is 0 Å². The Morgan fingerprint density at radius 1 is 1.60 bits per heavy atom. The van der Waals surface area contributed by atoms with Crippen LogP contribution in [0.1, 0.15) is 24.6 Å². The maximum Gasteiger partial charge on any atom is 0.128 e. The molecule has 0 aliphatic carbocycles. The molecule has 0 bridgehead atoms. The zero-order chi connectivity index (χ0) is 6.81. The van der Waals surface area contributed by atoms with Crippen LogP contribution in [0.25, 0.3) is 0 Å². The number of hydrogen-bond acceptors (Lipinski definition) is 2. The van der Waals surface area contributed by atoms with Gasteiger partial charge in [-0.15, -0.1) is 0 Å². The highest BCUT2D eigenvalue weighted by atomic mass is 16.3. The van der Waals surface area contributed by atoms with Crippen LogP contribution in [0.2, 0.25) is 0 Å². The number of rotatable bonds is 1. The van der Waals surface area contributed by atoms with Crippen molar-refractivity contribution in [2.24, 2.45) is 4.99 Å². The Kier molecular flexibility index (Phi) is 1.31. The summed E-state index contributed by atoms with van der Waals surface area (Å²) in [5, 5.41) is 0. The topological polar surface area (TPSA) is 25.5 Å². The summed E-state index contributed by atoms with van der Waals surface area (Å²) in [6, 6.07) is 4.19. The highest BCUT2D eigenvalue weighted by Gasteiger charge is 2.14. The molecule has 2 rings (SSSR count). The van der Waals surface area contributed by atoms with Gasteiger partial charge in [0, 0.05) is 0 Å². The molecule has 0 radical (unpaired) electrons. The third-order valence-corrected chi connectivity index (χ3v) is 1.73. The van der Waals surface area contributed by atoms with Crippen LogP contribution in [-0.2, 0) is 0 Å². The lowest BCUT2D eigenvalue weighted by molar-refractivity contribution is 0.466. The normalized spacial score (nSPS) is 23.8. The van der Waals surface area contributed by atoms with Crippen LogP contribution in [-0.4, -0.2) is 6.21 Å². The molecule has 2 nitrogen and oxygen atoms in total. The first-order valence-corrected chi connectivity index (χ1v) is 3.52. The molecule has 1 aliphatic heterocycles. The fourth-order valence-electron chi connectivity index (χ4n) is 1.21. The minimum atomic E-state index is 0.301. The van der Waals surface area contributed by atoms with E-state index in [-0.39, 0.29) is 0 Å². The Bertz CT molecular complexity index is 225. The summed E-state index contributed by atoms with van der Waals surface area (Å²) in [4.78, 5) is 4.26. The summed E-state index contributed by atoms with van der Waals surface area (Å²) in [7, 11) is 0. The van der Waals surface area contributed by atoms with Crippen molar-refractivity contribution in [2.45, 2.75) is 18.9 Å². The average Bonchev–Trinajstić information content (AvgIpc) is 2.59. The lowest BCUT2D eigenvalue weighted by atomic mass is 10.2. The summed E-state index contributed by atoms with van der Waals surface area (Å²) >= 11 is 0. The first-order valence-electron chi connectivity index (χ1n) is 3.52. The van der Waals surface area contributed by atoms with Crippen LogP contribution in [0.4, 0.5) is 0 Å². The zero-order valence-electron chi connectivity index (χ0n) is 5.66. The number of furan rings is 1. The Labute approximate surface area is 59.6 Å². The van der Waals surface area contributed by atoms with E-state index in [9.17, 15) is 0 Å². The molecule has 0 aromatic carbocycles. The number of aliphatic imine (C=N–C) groups is 1. The predicted octanol–water partition coefficient (Wildman–Crippen LogP) is 2.19. The van der Waals surface area contributed by atoms with Crippen LogP contribution >= 0.6 is 0 Å². The number of nitrogens with zero attached hydrogens (tertiary/aromatic N) is 1. The molecule has 1 aromatic heterocycles. The molecule has 52 valence electrons. The minimum absolute atomic E-state index is 0.301. The Morgan fingerprint density at radius 3 is 3.20 bits per heavy atom. The molecule has 0 saturated carbocycles. The van der Waals surface area contributed by atoms with E-state index < -0.39 is 0 Å². The minimum Gasteiger partial charge on any atom is -0.467 e. The Morgan fingerprint density at radius 2 is 2.60 bits per heavy atom.